The molecule has 1 aliphatic carbocycles. The summed E-state index contributed by atoms with van der Waals surface area (Å²) < 4.78 is 0. The largest absolute Gasteiger partial charge is 0.473 e. The first-order valence-electron chi connectivity index (χ1n) is 3.59. The van der Waals surface area contributed by atoms with Crippen molar-refractivity contribution < 1.29 is 19.8 Å². The molecule has 4 nitrogen and oxygen atoms in total. The molecule has 0 saturated carbocycles. The van der Waals surface area contributed by atoms with E-state index in [4.69, 9.17) is 19.8 Å². The Balaban J connectivity index is 0.000000226. The maximum Gasteiger partial charge on any atom is 0.414 e. The monoisotopic (exact) mass is 182 g/mol. The van der Waals surface area contributed by atoms with Gasteiger partial charge in [0.15, 0.2) is 0 Å². The van der Waals surface area contributed by atoms with E-state index in [-0.39, 0.29) is 0 Å². The zero-order chi connectivity index (χ0) is 10.1. The lowest BCUT2D eigenvalue weighted by atomic mass is 10.4. The molecule has 1 rings (SSSR count). The Labute approximate surface area is 75.5 Å². The van der Waals surface area contributed by atoms with E-state index in [1.54, 1.807) is 0 Å². The number of hydrogen-bond acceptors (Lipinski definition) is 2. The highest BCUT2D eigenvalue weighted by molar-refractivity contribution is 6.27. The third kappa shape index (κ3) is 8.06. The van der Waals surface area contributed by atoms with E-state index in [0.29, 0.717) is 0 Å². The molecule has 0 aliphatic heterocycles. The molecule has 0 aromatic heterocycles. The lowest BCUT2D eigenvalue weighted by Crippen LogP contribution is -2.09. The van der Waals surface area contributed by atoms with Crippen LogP contribution in [0.1, 0.15) is 6.42 Å². The Morgan fingerprint density at radius 2 is 1.23 bits per heavy atom. The van der Waals surface area contributed by atoms with Gasteiger partial charge >= 0.3 is 11.9 Å². The summed E-state index contributed by atoms with van der Waals surface area (Å²) in [6, 6.07) is 0. The normalized spacial score (nSPS) is 12.6. The summed E-state index contributed by atoms with van der Waals surface area (Å²) in [5.74, 6) is -3.65. The summed E-state index contributed by atoms with van der Waals surface area (Å²) in [4.78, 5) is 18.2. The smallest absolute Gasteiger partial charge is 0.414 e. The zero-order valence-electron chi connectivity index (χ0n) is 6.88. The molecule has 1 aliphatic rings. The SMILES string of the molecule is C1=CC=CCC=C1.O=C(O)C(=O)O. The Morgan fingerprint density at radius 3 is 1.54 bits per heavy atom. The van der Waals surface area contributed by atoms with E-state index >= 15 is 0 Å². The van der Waals surface area contributed by atoms with E-state index in [9.17, 15) is 0 Å². The third-order valence-electron chi connectivity index (χ3n) is 1.06. The fourth-order valence-electron chi connectivity index (χ4n) is 0.521. The van der Waals surface area contributed by atoms with Crippen molar-refractivity contribution in [1.82, 2.24) is 0 Å². The number of carboxylic acid groups (broad SMARTS) is 2. The minimum atomic E-state index is -1.82. The molecule has 0 radical (unpaired) electrons. The molecule has 4 heteroatoms. The molecular formula is C9H10O4. The van der Waals surface area contributed by atoms with Crippen molar-refractivity contribution in [2.45, 2.75) is 6.42 Å². The van der Waals surface area contributed by atoms with Crippen molar-refractivity contribution in [2.75, 3.05) is 0 Å². The predicted molar refractivity (Wildman–Crippen MR) is 47.3 cm³/mol. The summed E-state index contributed by atoms with van der Waals surface area (Å²) in [6.07, 6.45) is 13.5. The van der Waals surface area contributed by atoms with Crippen molar-refractivity contribution in [3.05, 3.63) is 36.5 Å². The molecule has 0 fully saturated rings. The Bertz CT molecular complexity index is 235. The lowest BCUT2D eigenvalue weighted by molar-refractivity contribution is -0.159. The van der Waals surface area contributed by atoms with Gasteiger partial charge in [-0.3, -0.25) is 0 Å². The number of hydrogen-bond donors (Lipinski definition) is 2. The predicted octanol–water partition coefficient (Wildman–Crippen LogP) is 1.21. The second kappa shape index (κ2) is 6.84. The highest BCUT2D eigenvalue weighted by atomic mass is 16.4. The molecule has 13 heavy (non-hydrogen) atoms. The summed E-state index contributed by atoms with van der Waals surface area (Å²) in [6.45, 7) is 0. The molecule has 70 valence electrons. The van der Waals surface area contributed by atoms with Gasteiger partial charge < -0.3 is 10.2 Å². The van der Waals surface area contributed by atoms with E-state index in [1.807, 2.05) is 12.2 Å². The fraction of sp³-hybridized carbons (Fsp3) is 0.111. The minimum Gasteiger partial charge on any atom is -0.473 e. The highest BCUT2D eigenvalue weighted by Crippen LogP contribution is 1.91. The topological polar surface area (TPSA) is 74.6 Å². The molecule has 0 amide bonds. The van der Waals surface area contributed by atoms with E-state index in [0.717, 1.165) is 6.42 Å². The van der Waals surface area contributed by atoms with Crippen LogP contribution in [0.5, 0.6) is 0 Å². The van der Waals surface area contributed by atoms with Crippen molar-refractivity contribution in [2.24, 2.45) is 0 Å². The quantitative estimate of drug-likeness (QED) is 0.552. The van der Waals surface area contributed by atoms with Gasteiger partial charge in [-0.2, -0.15) is 0 Å². The minimum absolute atomic E-state index is 1.08. The maximum absolute atomic E-state index is 9.10. The highest BCUT2D eigenvalue weighted by Gasteiger charge is 2.04. The molecule has 2 N–H and O–H groups in total. The van der Waals surface area contributed by atoms with Crippen molar-refractivity contribution in [1.29, 1.82) is 0 Å². The number of rotatable bonds is 0. The summed E-state index contributed by atoms with van der Waals surface area (Å²) in [5.41, 5.74) is 0. The van der Waals surface area contributed by atoms with Crippen LogP contribution in [-0.4, -0.2) is 22.2 Å². The maximum atomic E-state index is 9.10. The van der Waals surface area contributed by atoms with Gasteiger partial charge in [-0.15, -0.1) is 0 Å². The third-order valence-corrected chi connectivity index (χ3v) is 1.06. The molecule has 0 atom stereocenters. The van der Waals surface area contributed by atoms with Crippen LogP contribution in [-0.2, 0) is 9.59 Å². The lowest BCUT2D eigenvalue weighted by Gasteiger charge is -1.72. The van der Waals surface area contributed by atoms with Crippen LogP contribution in [0.25, 0.3) is 0 Å². The zero-order valence-corrected chi connectivity index (χ0v) is 6.88. The van der Waals surface area contributed by atoms with Crippen LogP contribution in [0.4, 0.5) is 0 Å². The molecule has 0 aromatic rings. The van der Waals surface area contributed by atoms with Crippen LogP contribution in [0, 0.1) is 0 Å². The van der Waals surface area contributed by atoms with Gasteiger partial charge in [0, 0.05) is 0 Å². The number of allylic oxidation sites excluding steroid dienone is 6. The molecular weight excluding hydrogens is 172 g/mol. The van der Waals surface area contributed by atoms with E-state index < -0.39 is 11.9 Å². The van der Waals surface area contributed by atoms with Gasteiger partial charge in [0.1, 0.15) is 0 Å². The van der Waals surface area contributed by atoms with Gasteiger partial charge in [0.2, 0.25) is 0 Å². The molecule has 0 saturated heterocycles. The Kier molecular flexibility index (Phi) is 5.88. The summed E-state index contributed by atoms with van der Waals surface area (Å²) in [7, 11) is 0. The molecule has 0 aromatic carbocycles. The summed E-state index contributed by atoms with van der Waals surface area (Å²) in [5, 5.41) is 14.8. The first-order valence-corrected chi connectivity index (χ1v) is 3.59. The molecule has 0 bridgehead atoms. The molecule has 0 heterocycles. The first-order chi connectivity index (χ1) is 6.14. The van der Waals surface area contributed by atoms with E-state index in [1.165, 1.54) is 0 Å². The molecule has 0 spiro atoms. The first kappa shape index (κ1) is 11.2. The average Bonchev–Trinajstić information content (AvgIpc) is 2.35. The second-order valence-corrected chi connectivity index (χ2v) is 2.09. The second-order valence-electron chi connectivity index (χ2n) is 2.09. The van der Waals surface area contributed by atoms with Crippen LogP contribution in [0.15, 0.2) is 36.5 Å². The van der Waals surface area contributed by atoms with Crippen LogP contribution >= 0.6 is 0 Å². The average molecular weight is 182 g/mol. The van der Waals surface area contributed by atoms with E-state index in [2.05, 4.69) is 24.3 Å². The number of aliphatic carboxylic acids is 2. The van der Waals surface area contributed by atoms with Crippen molar-refractivity contribution >= 4 is 11.9 Å². The van der Waals surface area contributed by atoms with Gasteiger partial charge in [0.25, 0.3) is 0 Å². The fourth-order valence-corrected chi connectivity index (χ4v) is 0.521. The van der Waals surface area contributed by atoms with Crippen molar-refractivity contribution in [3.8, 4) is 0 Å². The van der Waals surface area contributed by atoms with Gasteiger partial charge in [0.05, 0.1) is 0 Å². The molecule has 0 unspecified atom stereocenters. The van der Waals surface area contributed by atoms with Crippen molar-refractivity contribution in [3.63, 3.8) is 0 Å². The standard InChI is InChI=1S/C7H8.C2H2O4/c1-2-4-6-7-5-3-1;3-1(4)2(5)6/h1-6H,7H2;(H,3,4)(H,5,6). The van der Waals surface area contributed by atoms with Gasteiger partial charge in [-0.05, 0) is 6.42 Å². The Hall–Kier alpha value is -1.84. The number of carbonyl (C=O) groups is 2. The van der Waals surface area contributed by atoms with Gasteiger partial charge in [-0.25, -0.2) is 9.59 Å². The van der Waals surface area contributed by atoms with Crippen LogP contribution in [0.3, 0.4) is 0 Å². The van der Waals surface area contributed by atoms with Gasteiger partial charge in [-0.1, -0.05) is 36.5 Å². The van der Waals surface area contributed by atoms with Crippen LogP contribution < -0.4 is 0 Å². The number of carboxylic acids is 2. The Morgan fingerprint density at radius 1 is 0.846 bits per heavy atom. The van der Waals surface area contributed by atoms with Crippen LogP contribution in [0.2, 0.25) is 0 Å². The summed E-state index contributed by atoms with van der Waals surface area (Å²) >= 11 is 0.